The smallest absolute Gasteiger partial charge is 0.306 e. The molecular weight excluding hydrogens is 208 g/mol. The van der Waals surface area contributed by atoms with Gasteiger partial charge in [-0.1, -0.05) is 11.6 Å². The summed E-state index contributed by atoms with van der Waals surface area (Å²) in [6.07, 6.45) is 0.716. The largest absolute Gasteiger partial charge is 0.506 e. The first-order valence-electron chi connectivity index (χ1n) is 3.77. The van der Waals surface area contributed by atoms with Gasteiger partial charge in [0.05, 0.1) is 18.3 Å². The van der Waals surface area contributed by atoms with Crippen molar-refractivity contribution < 1.29 is 15.0 Å². The Morgan fingerprint density at radius 1 is 1.64 bits per heavy atom. The highest BCUT2D eigenvalue weighted by Crippen LogP contribution is 2.25. The maximum Gasteiger partial charge on any atom is 0.306 e. The molecule has 0 aliphatic rings. The molecule has 1 rings (SSSR count). The van der Waals surface area contributed by atoms with E-state index in [1.54, 1.807) is 0 Å². The fourth-order valence-electron chi connectivity index (χ4n) is 0.943. The lowest BCUT2D eigenvalue weighted by Crippen LogP contribution is -2.33. The van der Waals surface area contributed by atoms with E-state index >= 15 is 0 Å². The van der Waals surface area contributed by atoms with Gasteiger partial charge in [0.1, 0.15) is 10.7 Å². The number of rotatable bonds is 3. The minimum absolute atomic E-state index is 0.0310. The number of aliphatic carboxylic acids is 1. The summed E-state index contributed by atoms with van der Waals surface area (Å²) in [5.41, 5.74) is 5.74. The zero-order valence-corrected chi connectivity index (χ0v) is 7.90. The molecular formula is C8H9ClN2O3. The van der Waals surface area contributed by atoms with Crippen LogP contribution >= 0.6 is 11.6 Å². The number of carboxylic acid groups (broad SMARTS) is 1. The SMILES string of the molecule is N[C@@](Cl)(CC(=O)O)c1ccc(O)cn1. The number of hydrogen-bond acceptors (Lipinski definition) is 4. The second kappa shape index (κ2) is 3.81. The Balaban J connectivity index is 2.91. The van der Waals surface area contributed by atoms with Crippen LogP contribution in [0, 0.1) is 0 Å². The number of aromatic nitrogens is 1. The van der Waals surface area contributed by atoms with E-state index in [4.69, 9.17) is 27.5 Å². The summed E-state index contributed by atoms with van der Waals surface area (Å²) in [7, 11) is 0. The number of nitrogens with two attached hydrogens (primary N) is 1. The fraction of sp³-hybridized carbons (Fsp3) is 0.250. The van der Waals surface area contributed by atoms with Crippen LogP contribution < -0.4 is 5.73 Å². The summed E-state index contributed by atoms with van der Waals surface area (Å²) in [5, 5.41) is 17.5. The number of carboxylic acids is 1. The van der Waals surface area contributed by atoms with E-state index in [1.165, 1.54) is 12.1 Å². The van der Waals surface area contributed by atoms with E-state index in [2.05, 4.69) is 4.98 Å². The minimum atomic E-state index is -1.54. The Kier molecular flexibility index (Phi) is 2.93. The van der Waals surface area contributed by atoms with Crippen LogP contribution in [-0.2, 0) is 9.79 Å². The van der Waals surface area contributed by atoms with E-state index in [9.17, 15) is 4.79 Å². The molecule has 0 spiro atoms. The summed E-state index contributed by atoms with van der Waals surface area (Å²) in [6.45, 7) is 0. The first-order valence-corrected chi connectivity index (χ1v) is 4.15. The summed E-state index contributed by atoms with van der Waals surface area (Å²) in [6, 6.07) is 2.72. The molecule has 0 aliphatic heterocycles. The minimum Gasteiger partial charge on any atom is -0.506 e. The Morgan fingerprint density at radius 3 is 2.71 bits per heavy atom. The van der Waals surface area contributed by atoms with Crippen molar-refractivity contribution in [3.05, 3.63) is 24.0 Å². The summed E-state index contributed by atoms with van der Waals surface area (Å²) >= 11 is 5.76. The molecule has 5 nitrogen and oxygen atoms in total. The van der Waals surface area contributed by atoms with Crippen molar-refractivity contribution in [1.29, 1.82) is 0 Å². The third-order valence-corrected chi connectivity index (χ3v) is 1.91. The highest BCUT2D eigenvalue weighted by atomic mass is 35.5. The molecule has 0 fully saturated rings. The molecule has 0 radical (unpaired) electrons. The molecule has 0 saturated heterocycles. The van der Waals surface area contributed by atoms with Crippen molar-refractivity contribution in [3.8, 4) is 5.75 Å². The number of pyridine rings is 1. The van der Waals surface area contributed by atoms with Crippen molar-refractivity contribution >= 4 is 17.6 Å². The van der Waals surface area contributed by atoms with Gasteiger partial charge in [0.25, 0.3) is 0 Å². The van der Waals surface area contributed by atoms with Crippen molar-refractivity contribution in [1.82, 2.24) is 4.98 Å². The van der Waals surface area contributed by atoms with Crippen LogP contribution in [0.5, 0.6) is 5.75 Å². The topological polar surface area (TPSA) is 96.4 Å². The lowest BCUT2D eigenvalue weighted by Gasteiger charge is -2.18. The Hall–Kier alpha value is -1.33. The Labute approximate surface area is 85.1 Å². The lowest BCUT2D eigenvalue weighted by molar-refractivity contribution is -0.137. The quantitative estimate of drug-likeness (QED) is 0.508. The maximum absolute atomic E-state index is 10.4. The number of nitrogens with zero attached hydrogens (tertiary/aromatic N) is 1. The molecule has 1 aromatic heterocycles. The van der Waals surface area contributed by atoms with Gasteiger partial charge in [-0.05, 0) is 12.1 Å². The average Bonchev–Trinajstić information content (AvgIpc) is 2.02. The number of alkyl halides is 1. The van der Waals surface area contributed by atoms with Crippen LogP contribution in [0.4, 0.5) is 0 Å². The van der Waals surface area contributed by atoms with Gasteiger partial charge in [-0.3, -0.25) is 9.78 Å². The summed E-state index contributed by atoms with van der Waals surface area (Å²) in [4.78, 5) is 12.6. The van der Waals surface area contributed by atoms with Gasteiger partial charge in [0.15, 0.2) is 0 Å². The number of halogens is 1. The van der Waals surface area contributed by atoms with Crippen molar-refractivity contribution in [2.45, 2.75) is 11.4 Å². The predicted octanol–water partition coefficient (Wildman–Crippen LogP) is 0.612. The van der Waals surface area contributed by atoms with E-state index in [-0.39, 0.29) is 11.4 Å². The number of hydrogen-bond donors (Lipinski definition) is 3. The van der Waals surface area contributed by atoms with Crippen LogP contribution in [0.15, 0.2) is 18.3 Å². The summed E-state index contributed by atoms with van der Waals surface area (Å²) in [5.74, 6) is -1.14. The lowest BCUT2D eigenvalue weighted by atomic mass is 10.1. The van der Waals surface area contributed by atoms with Gasteiger partial charge in [-0.25, -0.2) is 0 Å². The zero-order valence-electron chi connectivity index (χ0n) is 7.14. The molecule has 14 heavy (non-hydrogen) atoms. The molecule has 0 saturated carbocycles. The standard InChI is InChI=1S/C8H9ClN2O3/c9-8(10,3-7(13)14)6-2-1-5(12)4-11-6/h1-2,4,12H,3,10H2,(H,13,14)/t8-/m0/s1. The maximum atomic E-state index is 10.4. The van der Waals surface area contributed by atoms with E-state index in [0.717, 1.165) is 6.20 Å². The van der Waals surface area contributed by atoms with Gasteiger partial charge >= 0.3 is 5.97 Å². The molecule has 0 unspecified atom stereocenters. The van der Waals surface area contributed by atoms with Crippen LogP contribution in [0.1, 0.15) is 12.1 Å². The molecule has 1 aromatic rings. The van der Waals surface area contributed by atoms with Crippen molar-refractivity contribution in [2.75, 3.05) is 0 Å². The number of aromatic hydroxyl groups is 1. The van der Waals surface area contributed by atoms with Gasteiger partial charge in [0.2, 0.25) is 0 Å². The second-order valence-electron chi connectivity index (χ2n) is 2.83. The third kappa shape index (κ3) is 2.58. The van der Waals surface area contributed by atoms with E-state index in [0.29, 0.717) is 0 Å². The number of carbonyl (C=O) groups is 1. The Bertz CT molecular complexity index is 337. The van der Waals surface area contributed by atoms with E-state index < -0.39 is 17.4 Å². The first-order chi connectivity index (χ1) is 6.42. The third-order valence-electron chi connectivity index (χ3n) is 1.58. The highest BCUT2D eigenvalue weighted by molar-refractivity contribution is 6.24. The first kappa shape index (κ1) is 10.7. The van der Waals surface area contributed by atoms with E-state index in [1.807, 2.05) is 0 Å². The van der Waals surface area contributed by atoms with Gasteiger partial charge in [-0.2, -0.15) is 0 Å². The second-order valence-corrected chi connectivity index (χ2v) is 3.51. The molecule has 0 amide bonds. The van der Waals surface area contributed by atoms with Crippen LogP contribution in [0.3, 0.4) is 0 Å². The Morgan fingerprint density at radius 2 is 2.29 bits per heavy atom. The molecule has 0 aromatic carbocycles. The summed E-state index contributed by atoms with van der Waals surface area (Å²) < 4.78 is 0. The highest BCUT2D eigenvalue weighted by Gasteiger charge is 2.28. The molecule has 6 heteroatoms. The zero-order chi connectivity index (χ0) is 10.8. The van der Waals surface area contributed by atoms with Crippen LogP contribution in [-0.4, -0.2) is 21.2 Å². The molecule has 0 bridgehead atoms. The van der Waals surface area contributed by atoms with Crippen molar-refractivity contribution in [2.24, 2.45) is 5.73 Å². The molecule has 4 N–H and O–H groups in total. The van der Waals surface area contributed by atoms with Crippen molar-refractivity contribution in [3.63, 3.8) is 0 Å². The average molecular weight is 217 g/mol. The monoisotopic (exact) mass is 216 g/mol. The molecule has 1 heterocycles. The molecule has 76 valence electrons. The van der Waals surface area contributed by atoms with Gasteiger partial charge in [-0.15, -0.1) is 0 Å². The van der Waals surface area contributed by atoms with Crippen LogP contribution in [0.25, 0.3) is 0 Å². The van der Waals surface area contributed by atoms with Gasteiger partial charge in [0, 0.05) is 0 Å². The van der Waals surface area contributed by atoms with Gasteiger partial charge < -0.3 is 15.9 Å². The van der Waals surface area contributed by atoms with Crippen LogP contribution in [0.2, 0.25) is 0 Å². The normalized spacial score (nSPS) is 14.7. The molecule has 1 atom stereocenters. The molecule has 0 aliphatic carbocycles. The fourth-order valence-corrected chi connectivity index (χ4v) is 1.17. The predicted molar refractivity (Wildman–Crippen MR) is 49.9 cm³/mol.